The molecule has 8 aliphatic carbocycles. The van der Waals surface area contributed by atoms with Crippen LogP contribution in [0.15, 0.2) is 0 Å². The van der Waals surface area contributed by atoms with Gasteiger partial charge in [0.1, 0.15) is 47.3 Å². The van der Waals surface area contributed by atoms with Crippen LogP contribution in [0.3, 0.4) is 0 Å². The average Bonchev–Trinajstić information content (AvgIpc) is 3.28. The summed E-state index contributed by atoms with van der Waals surface area (Å²) in [6, 6.07) is 3.14. The molecule has 8 fully saturated rings. The molecule has 0 aromatic rings. The van der Waals surface area contributed by atoms with Crippen molar-refractivity contribution in [2.24, 2.45) is 93.2 Å². The summed E-state index contributed by atoms with van der Waals surface area (Å²) in [7, 11) is 0. The smallest absolute Gasteiger partial charge is 0.110 e. The third-order valence-electron chi connectivity index (χ3n) is 15.7. The summed E-state index contributed by atoms with van der Waals surface area (Å²) in [5, 5.41) is 0. The van der Waals surface area contributed by atoms with E-state index < -0.39 is 0 Å². The van der Waals surface area contributed by atoms with Crippen molar-refractivity contribution in [2.45, 2.75) is 254 Å². The normalized spacial score (nSPS) is 37.3. The molecule has 8 rings (SSSR count). The van der Waals surface area contributed by atoms with Crippen molar-refractivity contribution < 1.29 is 89.5 Å². The Kier molecular flexibility index (Phi) is 52.7. The molecule has 0 aromatic heterocycles. The van der Waals surface area contributed by atoms with Gasteiger partial charge in [-0.3, -0.25) is 0 Å². The van der Waals surface area contributed by atoms with Gasteiger partial charge in [-0.1, -0.05) is 51.4 Å². The van der Waals surface area contributed by atoms with Gasteiger partial charge in [-0.2, -0.15) is 0 Å². The topological polar surface area (TPSA) is 208 Å². The van der Waals surface area contributed by atoms with Gasteiger partial charge in [0.05, 0.1) is 55.4 Å². The summed E-state index contributed by atoms with van der Waals surface area (Å²) in [6.45, 7) is 31.6. The maximum Gasteiger partial charge on any atom is 0.110 e. The van der Waals surface area contributed by atoms with E-state index in [4.69, 9.17) is 45.9 Å². The molecule has 0 heterocycles. The van der Waals surface area contributed by atoms with E-state index in [1.807, 2.05) is 0 Å². The van der Waals surface area contributed by atoms with Gasteiger partial charge in [-0.05, 0) is 154 Å². The standard InChI is InChI=1S/8C7H14N.4Au/c8*1-6-4-2-3-5-7(6)8;;;;/h8*6-7H,1-5,8H2;;;;/q8*+1;;;;/t2*6?,7-;2*6-,7+;4*6-,7-;;;;/m10111110..../s1. The van der Waals surface area contributed by atoms with Gasteiger partial charge in [0.2, 0.25) is 0 Å². The van der Waals surface area contributed by atoms with E-state index in [9.17, 15) is 0 Å². The Morgan fingerprint density at radius 1 is 0.162 bits per heavy atom. The Morgan fingerprint density at radius 3 is 0.279 bits per heavy atom. The van der Waals surface area contributed by atoms with Gasteiger partial charge < -0.3 is 45.9 Å². The Bertz CT molecular complexity index is 748. The van der Waals surface area contributed by atoms with Crippen molar-refractivity contribution in [2.75, 3.05) is 0 Å². The van der Waals surface area contributed by atoms with Gasteiger partial charge in [0, 0.05) is 138 Å². The van der Waals surface area contributed by atoms with Gasteiger partial charge >= 0.3 is 0 Å². The second kappa shape index (κ2) is 47.1. The summed E-state index contributed by atoms with van der Waals surface area (Å²) in [5.41, 5.74) is 45.7. The van der Waals surface area contributed by atoms with Crippen LogP contribution in [0.5, 0.6) is 0 Å². The molecule has 2 unspecified atom stereocenters. The zero-order chi connectivity index (χ0) is 47.9. The summed E-state index contributed by atoms with van der Waals surface area (Å²) < 4.78 is 0. The van der Waals surface area contributed by atoms with Crippen LogP contribution < -0.4 is 45.9 Å². The Balaban J connectivity index is -0.000000341. The fourth-order valence-corrected chi connectivity index (χ4v) is 9.89. The first kappa shape index (κ1) is 76.1. The molecular weight excluding hydrogens is 1570 g/mol. The molecule has 0 spiro atoms. The molecule has 16 N–H and O–H groups in total. The molecule has 0 aromatic carbocycles. The average molecular weight is 1690 g/mol. The van der Waals surface area contributed by atoms with Crippen molar-refractivity contribution in [1.29, 1.82) is 0 Å². The minimum Gasteiger partial charge on any atom is -0.324 e. The van der Waals surface area contributed by atoms with Crippen LogP contribution in [-0.2, 0) is 89.5 Å². The largest absolute Gasteiger partial charge is 0.324 e. The van der Waals surface area contributed by atoms with E-state index in [-0.39, 0.29) is 89.5 Å². The Morgan fingerprint density at radius 2 is 0.235 bits per heavy atom. The van der Waals surface area contributed by atoms with Crippen LogP contribution in [0.1, 0.15) is 205 Å². The van der Waals surface area contributed by atoms with E-state index in [1.165, 1.54) is 205 Å². The van der Waals surface area contributed by atoms with Crippen molar-refractivity contribution in [1.82, 2.24) is 0 Å². The molecule has 12 heteroatoms. The first-order valence-corrected chi connectivity index (χ1v) is 27.1. The van der Waals surface area contributed by atoms with E-state index >= 15 is 0 Å². The summed E-state index contributed by atoms with van der Waals surface area (Å²) in [6.07, 6.45) is 40.6. The third kappa shape index (κ3) is 37.3. The molecule has 8 nitrogen and oxygen atoms in total. The maximum atomic E-state index is 5.72. The molecular formula is C56H112Au4N8+8. The third-order valence-corrected chi connectivity index (χ3v) is 15.7. The van der Waals surface area contributed by atoms with Crippen molar-refractivity contribution in [3.63, 3.8) is 0 Å². The molecule has 0 aliphatic heterocycles. The molecule has 16 atom stereocenters. The first-order chi connectivity index (χ1) is 30.4. The minimum absolute atomic E-state index is 0. The quantitative estimate of drug-likeness (QED) is 0.0863. The first-order valence-electron chi connectivity index (χ1n) is 27.1. The second-order valence-corrected chi connectivity index (χ2v) is 21.7. The van der Waals surface area contributed by atoms with Crippen LogP contribution in [0, 0.1) is 103 Å². The fourth-order valence-electron chi connectivity index (χ4n) is 9.89. The number of hydrogen-bond donors (Lipinski definition) is 8. The predicted molar refractivity (Wildman–Crippen MR) is 282 cm³/mol. The molecule has 8 saturated carbocycles. The Labute approximate surface area is 487 Å². The van der Waals surface area contributed by atoms with Crippen molar-refractivity contribution in [3.05, 3.63) is 55.4 Å². The van der Waals surface area contributed by atoms with Crippen LogP contribution in [0.4, 0.5) is 0 Å². The van der Waals surface area contributed by atoms with Crippen LogP contribution in [-0.4, -0.2) is 48.3 Å². The summed E-state index contributed by atoms with van der Waals surface area (Å²) in [4.78, 5) is 0. The summed E-state index contributed by atoms with van der Waals surface area (Å²) >= 11 is 0. The molecule has 0 saturated heterocycles. The van der Waals surface area contributed by atoms with Crippen molar-refractivity contribution >= 4 is 0 Å². The zero-order valence-corrected chi connectivity index (χ0v) is 52.0. The molecule has 412 valence electrons. The molecule has 4 radical (unpaired) electrons. The summed E-state index contributed by atoms with van der Waals surface area (Å²) in [5.74, 6) is 4.25. The Hall–Kier alpha value is 1.60. The molecule has 8 aliphatic rings. The van der Waals surface area contributed by atoms with Gasteiger partial charge in [-0.15, -0.1) is 0 Å². The van der Waals surface area contributed by atoms with Crippen LogP contribution in [0.25, 0.3) is 0 Å². The van der Waals surface area contributed by atoms with E-state index in [2.05, 4.69) is 55.4 Å². The number of rotatable bonds is 0. The van der Waals surface area contributed by atoms with Crippen LogP contribution in [0.2, 0.25) is 0 Å². The van der Waals surface area contributed by atoms with Gasteiger partial charge in [0.15, 0.2) is 0 Å². The van der Waals surface area contributed by atoms with E-state index in [0.717, 1.165) is 0 Å². The molecule has 0 amide bonds. The van der Waals surface area contributed by atoms with Gasteiger partial charge in [0.25, 0.3) is 0 Å². The van der Waals surface area contributed by atoms with Crippen LogP contribution >= 0.6 is 0 Å². The van der Waals surface area contributed by atoms with Crippen molar-refractivity contribution in [3.8, 4) is 0 Å². The molecule has 68 heavy (non-hydrogen) atoms. The monoisotopic (exact) mass is 1680 g/mol. The predicted octanol–water partition coefficient (Wildman–Crippen LogP) is 10.7. The molecule has 0 bridgehead atoms. The van der Waals surface area contributed by atoms with E-state index in [1.54, 1.807) is 0 Å². The van der Waals surface area contributed by atoms with E-state index in [0.29, 0.717) is 95.7 Å². The number of hydrogen-bond acceptors (Lipinski definition) is 8. The SMILES string of the molecule is [Au].[Au].[Au].[Au].[CH2+]C1CCCC[C@@H]1N.[CH2+]C1CCCC[C@H]1N.[CH2+][C@@H]1CCCC[C@@H]1N.[CH2+][C@@H]1CCCC[C@@H]1N.[CH2+][C@@H]1CCCC[C@H]1N.[CH2+][C@@H]1CCCC[C@H]1N.[CH2+][C@@H]1CCCC[C@H]1N.[CH2+][C@H]1CCCC[C@@H]1N. The maximum absolute atomic E-state index is 5.72. The minimum atomic E-state index is 0. The second-order valence-electron chi connectivity index (χ2n) is 21.7. The van der Waals surface area contributed by atoms with Gasteiger partial charge in [-0.25, -0.2) is 0 Å². The zero-order valence-electron chi connectivity index (χ0n) is 43.3. The fraction of sp³-hybridized carbons (Fsp3) is 0.857. The number of nitrogens with two attached hydrogens (primary N) is 8.